The van der Waals surface area contributed by atoms with Crippen LogP contribution >= 0.6 is 24.8 Å². The first kappa shape index (κ1) is 13.2. The van der Waals surface area contributed by atoms with Gasteiger partial charge in [0.1, 0.15) is 0 Å². The SMILES string of the molecule is FC(F)(F)c1cccc2sc3ccccc3c12.S. The molecule has 0 N–H and O–H groups in total. The van der Waals surface area contributed by atoms with Gasteiger partial charge in [0.25, 0.3) is 0 Å². The van der Waals surface area contributed by atoms with Gasteiger partial charge in [0, 0.05) is 20.2 Å². The second kappa shape index (κ2) is 4.48. The molecule has 94 valence electrons. The molecule has 0 aliphatic heterocycles. The molecule has 0 aliphatic rings. The smallest absolute Gasteiger partial charge is 0.197 e. The van der Waals surface area contributed by atoms with E-state index >= 15 is 0 Å². The van der Waals surface area contributed by atoms with Crippen molar-refractivity contribution in [2.45, 2.75) is 6.18 Å². The van der Waals surface area contributed by atoms with Crippen molar-refractivity contribution in [1.82, 2.24) is 0 Å². The van der Waals surface area contributed by atoms with Gasteiger partial charge in [-0.25, -0.2) is 0 Å². The zero-order valence-electron chi connectivity index (χ0n) is 9.08. The van der Waals surface area contributed by atoms with Crippen LogP contribution < -0.4 is 0 Å². The monoisotopic (exact) mass is 286 g/mol. The number of fused-ring (bicyclic) bond motifs is 3. The molecule has 0 saturated heterocycles. The fourth-order valence-electron chi connectivity index (χ4n) is 2.01. The lowest BCUT2D eigenvalue weighted by Crippen LogP contribution is -2.04. The minimum atomic E-state index is -4.30. The van der Waals surface area contributed by atoms with Gasteiger partial charge in [-0.15, -0.1) is 11.3 Å². The molecule has 5 heteroatoms. The van der Waals surface area contributed by atoms with Gasteiger partial charge >= 0.3 is 6.18 Å². The molecule has 0 nitrogen and oxygen atoms in total. The summed E-state index contributed by atoms with van der Waals surface area (Å²) in [5, 5.41) is 1.00. The van der Waals surface area contributed by atoms with Crippen LogP contribution in [0, 0.1) is 0 Å². The molecule has 0 radical (unpaired) electrons. The zero-order chi connectivity index (χ0) is 12.0. The summed E-state index contributed by atoms with van der Waals surface area (Å²) in [5.74, 6) is 0. The number of thiophene rings is 1. The lowest BCUT2D eigenvalue weighted by Gasteiger charge is -2.08. The van der Waals surface area contributed by atoms with Gasteiger partial charge in [-0.3, -0.25) is 0 Å². The van der Waals surface area contributed by atoms with Crippen LogP contribution in [0.25, 0.3) is 20.2 Å². The van der Waals surface area contributed by atoms with Crippen LogP contribution in [0.1, 0.15) is 5.56 Å². The van der Waals surface area contributed by atoms with E-state index in [1.54, 1.807) is 18.2 Å². The highest BCUT2D eigenvalue weighted by atomic mass is 32.1. The van der Waals surface area contributed by atoms with E-state index in [4.69, 9.17) is 0 Å². The van der Waals surface area contributed by atoms with E-state index in [2.05, 4.69) is 0 Å². The lowest BCUT2D eigenvalue weighted by molar-refractivity contribution is -0.136. The van der Waals surface area contributed by atoms with E-state index in [1.807, 2.05) is 12.1 Å². The molecule has 0 bridgehead atoms. The summed E-state index contributed by atoms with van der Waals surface area (Å²) in [4.78, 5) is 0. The standard InChI is InChI=1S/C13H7F3S.H2S/c14-13(15,16)9-5-3-7-11-12(9)8-4-1-2-6-10(8)17-11;/h1-7H;1H2. The van der Waals surface area contributed by atoms with E-state index in [9.17, 15) is 13.2 Å². The van der Waals surface area contributed by atoms with E-state index in [1.165, 1.54) is 17.4 Å². The van der Waals surface area contributed by atoms with Crippen molar-refractivity contribution >= 4 is 45.0 Å². The summed E-state index contributed by atoms with van der Waals surface area (Å²) in [7, 11) is 0. The normalized spacial score (nSPS) is 11.7. The summed E-state index contributed by atoms with van der Waals surface area (Å²) < 4.78 is 40.4. The Morgan fingerprint density at radius 2 is 1.50 bits per heavy atom. The van der Waals surface area contributed by atoms with Crippen LogP contribution in [0.15, 0.2) is 42.5 Å². The number of alkyl halides is 3. The van der Waals surface area contributed by atoms with E-state index < -0.39 is 11.7 Å². The maximum atomic E-state index is 12.9. The molecule has 0 unspecified atom stereocenters. The molecule has 3 aromatic rings. The Labute approximate surface area is 112 Å². The van der Waals surface area contributed by atoms with Crippen LogP contribution in [-0.4, -0.2) is 0 Å². The summed E-state index contributed by atoms with van der Waals surface area (Å²) in [6.45, 7) is 0. The van der Waals surface area contributed by atoms with Crippen LogP contribution in [0.2, 0.25) is 0 Å². The first-order chi connectivity index (χ1) is 8.07. The highest BCUT2D eigenvalue weighted by Gasteiger charge is 2.33. The zero-order valence-corrected chi connectivity index (χ0v) is 10.9. The number of rotatable bonds is 0. The summed E-state index contributed by atoms with van der Waals surface area (Å²) in [6, 6.07) is 11.5. The van der Waals surface area contributed by atoms with Crippen molar-refractivity contribution in [3.63, 3.8) is 0 Å². The molecular weight excluding hydrogens is 277 g/mol. The molecule has 1 aromatic heterocycles. The number of hydrogen-bond acceptors (Lipinski definition) is 1. The van der Waals surface area contributed by atoms with Crippen molar-refractivity contribution in [1.29, 1.82) is 0 Å². The topological polar surface area (TPSA) is 0 Å². The average Bonchev–Trinajstić information content (AvgIpc) is 2.65. The van der Waals surface area contributed by atoms with Gasteiger partial charge in [0.2, 0.25) is 0 Å². The van der Waals surface area contributed by atoms with Gasteiger partial charge < -0.3 is 0 Å². The third kappa shape index (κ3) is 1.97. The predicted molar refractivity (Wildman–Crippen MR) is 74.7 cm³/mol. The number of benzene rings is 2. The van der Waals surface area contributed by atoms with Crippen LogP contribution in [0.3, 0.4) is 0 Å². The Morgan fingerprint density at radius 3 is 2.22 bits per heavy atom. The second-order valence-corrected chi connectivity index (χ2v) is 4.86. The Bertz CT molecular complexity index is 698. The summed E-state index contributed by atoms with van der Waals surface area (Å²) in [5.41, 5.74) is -0.549. The number of halogens is 3. The lowest BCUT2D eigenvalue weighted by atomic mass is 10.1. The third-order valence-electron chi connectivity index (χ3n) is 2.71. The minimum Gasteiger partial charge on any atom is -0.197 e. The average molecular weight is 286 g/mol. The maximum Gasteiger partial charge on any atom is 0.417 e. The molecule has 0 aliphatic carbocycles. The molecule has 18 heavy (non-hydrogen) atoms. The Balaban J connectivity index is 0.00000120. The van der Waals surface area contributed by atoms with E-state index in [0.29, 0.717) is 15.5 Å². The molecule has 0 fully saturated rings. The van der Waals surface area contributed by atoms with Crippen molar-refractivity contribution in [3.05, 3.63) is 48.0 Å². The van der Waals surface area contributed by atoms with Gasteiger partial charge in [-0.2, -0.15) is 26.7 Å². The van der Waals surface area contributed by atoms with Crippen molar-refractivity contribution in [2.24, 2.45) is 0 Å². The molecule has 0 spiro atoms. The van der Waals surface area contributed by atoms with E-state index in [-0.39, 0.29) is 13.5 Å². The van der Waals surface area contributed by atoms with Crippen molar-refractivity contribution in [3.8, 4) is 0 Å². The maximum absolute atomic E-state index is 12.9. The quantitative estimate of drug-likeness (QED) is 0.534. The molecule has 3 rings (SSSR count). The first-order valence-corrected chi connectivity index (χ1v) is 5.86. The van der Waals surface area contributed by atoms with Crippen LogP contribution in [-0.2, 0) is 6.18 Å². The molecule has 0 amide bonds. The Kier molecular flexibility index (Phi) is 3.29. The summed E-state index contributed by atoms with van der Waals surface area (Å²) in [6.07, 6.45) is -4.30. The van der Waals surface area contributed by atoms with Gasteiger partial charge in [-0.1, -0.05) is 24.3 Å². The van der Waals surface area contributed by atoms with Gasteiger partial charge in [-0.05, 0) is 18.2 Å². The highest BCUT2D eigenvalue weighted by molar-refractivity contribution is 7.59. The van der Waals surface area contributed by atoms with Crippen molar-refractivity contribution in [2.75, 3.05) is 0 Å². The number of hydrogen-bond donors (Lipinski definition) is 0. The Morgan fingerprint density at radius 1 is 0.833 bits per heavy atom. The van der Waals surface area contributed by atoms with E-state index in [0.717, 1.165) is 10.8 Å². The second-order valence-electron chi connectivity index (χ2n) is 3.77. The molecular formula is C13H9F3S2. The minimum absolute atomic E-state index is 0. The Hall–Kier alpha value is -1.20. The third-order valence-corrected chi connectivity index (χ3v) is 3.84. The summed E-state index contributed by atoms with van der Waals surface area (Å²) >= 11 is 1.39. The molecule has 0 atom stereocenters. The van der Waals surface area contributed by atoms with Crippen LogP contribution in [0.4, 0.5) is 13.2 Å². The molecule has 2 aromatic carbocycles. The van der Waals surface area contributed by atoms with Gasteiger partial charge in [0.15, 0.2) is 0 Å². The predicted octanol–water partition coefficient (Wildman–Crippen LogP) is 5.19. The van der Waals surface area contributed by atoms with Gasteiger partial charge in [0.05, 0.1) is 5.56 Å². The molecule has 1 heterocycles. The fourth-order valence-corrected chi connectivity index (χ4v) is 3.14. The molecule has 0 saturated carbocycles. The first-order valence-electron chi connectivity index (χ1n) is 5.05. The highest BCUT2D eigenvalue weighted by Crippen LogP contribution is 2.41. The fraction of sp³-hybridized carbons (Fsp3) is 0.0769. The van der Waals surface area contributed by atoms with Crippen molar-refractivity contribution < 1.29 is 13.2 Å². The largest absolute Gasteiger partial charge is 0.417 e. The van der Waals surface area contributed by atoms with Crippen LogP contribution in [0.5, 0.6) is 0 Å².